The first-order valence-electron chi connectivity index (χ1n) is 8.76. The number of benzene rings is 2. The fraction of sp³-hybridized carbons (Fsp3) is 0.0952. The van der Waals surface area contributed by atoms with Crippen molar-refractivity contribution in [1.82, 2.24) is 9.97 Å². The quantitative estimate of drug-likeness (QED) is 0.412. The van der Waals surface area contributed by atoms with E-state index < -0.39 is 0 Å². The lowest BCUT2D eigenvalue weighted by atomic mass is 10.3. The molecular formula is C21H18N3OS3+. The van der Waals surface area contributed by atoms with Gasteiger partial charge in [0.25, 0.3) is 0 Å². The molecule has 2 aromatic carbocycles. The van der Waals surface area contributed by atoms with Gasteiger partial charge in [0.1, 0.15) is 6.61 Å². The van der Waals surface area contributed by atoms with E-state index in [1.807, 2.05) is 71.6 Å². The van der Waals surface area contributed by atoms with Crippen molar-refractivity contribution in [3.05, 3.63) is 79.1 Å². The molecule has 0 amide bonds. The summed E-state index contributed by atoms with van der Waals surface area (Å²) in [5.41, 5.74) is 2.13. The maximum Gasteiger partial charge on any atom is 0.171 e. The van der Waals surface area contributed by atoms with Gasteiger partial charge in [0.2, 0.25) is 0 Å². The van der Waals surface area contributed by atoms with Crippen LogP contribution in [0.15, 0.2) is 87.8 Å². The fourth-order valence-electron chi connectivity index (χ4n) is 2.56. The van der Waals surface area contributed by atoms with Gasteiger partial charge in [-0.3, -0.25) is 0 Å². The summed E-state index contributed by atoms with van der Waals surface area (Å²) < 4.78 is 6.50. The highest BCUT2D eigenvalue weighted by Crippen LogP contribution is 2.37. The molecule has 0 saturated carbocycles. The molecule has 140 valence electrons. The van der Waals surface area contributed by atoms with Gasteiger partial charge in [-0.2, -0.15) is 0 Å². The second kappa shape index (κ2) is 9.25. The zero-order valence-electron chi connectivity index (χ0n) is 14.9. The molecule has 5 rings (SSSR count). The van der Waals surface area contributed by atoms with Crippen LogP contribution in [0, 0.1) is 0 Å². The Kier molecular flexibility index (Phi) is 6.28. The van der Waals surface area contributed by atoms with Crippen molar-refractivity contribution < 1.29 is 9.67 Å². The van der Waals surface area contributed by atoms with Crippen LogP contribution < -0.4 is 4.57 Å². The number of hydrogen-bond acceptors (Lipinski definition) is 6. The van der Waals surface area contributed by atoms with Crippen LogP contribution in [0.4, 0.5) is 0 Å². The SMILES string of the molecule is OCC[n+]1ccccc1.c1ccc2sc(Sc3nc4ccccc4s3)nc2c1. The Morgan fingerprint density at radius 3 is 1.79 bits per heavy atom. The van der Waals surface area contributed by atoms with Crippen molar-refractivity contribution in [3.63, 3.8) is 0 Å². The lowest BCUT2D eigenvalue weighted by Gasteiger charge is -1.88. The van der Waals surface area contributed by atoms with Crippen LogP contribution in [-0.2, 0) is 6.54 Å². The molecule has 7 heteroatoms. The number of aliphatic hydroxyl groups is 1. The van der Waals surface area contributed by atoms with Gasteiger partial charge in [0, 0.05) is 12.1 Å². The number of rotatable bonds is 4. The first kappa shape index (κ1) is 19.0. The van der Waals surface area contributed by atoms with Crippen molar-refractivity contribution in [2.24, 2.45) is 0 Å². The van der Waals surface area contributed by atoms with Crippen LogP contribution in [0.25, 0.3) is 20.4 Å². The minimum atomic E-state index is 0.203. The summed E-state index contributed by atoms with van der Waals surface area (Å²) in [6.07, 6.45) is 3.85. The lowest BCUT2D eigenvalue weighted by Crippen LogP contribution is -2.33. The molecule has 0 unspecified atom stereocenters. The average molecular weight is 425 g/mol. The summed E-state index contributed by atoms with van der Waals surface area (Å²) in [7, 11) is 0. The molecule has 28 heavy (non-hydrogen) atoms. The van der Waals surface area contributed by atoms with E-state index in [9.17, 15) is 0 Å². The number of nitrogens with zero attached hydrogens (tertiary/aromatic N) is 3. The van der Waals surface area contributed by atoms with Gasteiger partial charge in [0.15, 0.2) is 27.6 Å². The third kappa shape index (κ3) is 4.74. The van der Waals surface area contributed by atoms with Crippen LogP contribution in [0.1, 0.15) is 0 Å². The highest BCUT2D eigenvalue weighted by atomic mass is 32.2. The molecule has 1 N–H and O–H groups in total. The van der Waals surface area contributed by atoms with Gasteiger partial charge in [-0.15, -0.1) is 22.7 Å². The van der Waals surface area contributed by atoms with Crippen LogP contribution in [0.3, 0.4) is 0 Å². The van der Waals surface area contributed by atoms with E-state index in [1.165, 1.54) is 9.40 Å². The van der Waals surface area contributed by atoms with E-state index in [0.717, 1.165) is 19.7 Å². The monoisotopic (exact) mass is 424 g/mol. The summed E-state index contributed by atoms with van der Waals surface area (Å²) >= 11 is 5.09. The largest absolute Gasteiger partial charge is 0.390 e. The molecule has 0 spiro atoms. The molecule has 3 aromatic heterocycles. The van der Waals surface area contributed by atoms with E-state index in [2.05, 4.69) is 22.1 Å². The normalized spacial score (nSPS) is 10.8. The molecule has 0 fully saturated rings. The predicted molar refractivity (Wildman–Crippen MR) is 117 cm³/mol. The molecule has 3 heterocycles. The Bertz CT molecular complexity index is 1030. The molecule has 0 bridgehead atoms. The van der Waals surface area contributed by atoms with Gasteiger partial charge in [-0.05, 0) is 36.0 Å². The molecule has 0 radical (unpaired) electrons. The van der Waals surface area contributed by atoms with Crippen LogP contribution >= 0.6 is 34.4 Å². The molecule has 0 atom stereocenters. The van der Waals surface area contributed by atoms with E-state index in [0.29, 0.717) is 6.54 Å². The van der Waals surface area contributed by atoms with Crippen molar-refractivity contribution in [2.45, 2.75) is 15.2 Å². The predicted octanol–water partition coefficient (Wildman–Crippen LogP) is 5.02. The van der Waals surface area contributed by atoms with Gasteiger partial charge < -0.3 is 5.11 Å². The summed E-state index contributed by atoms with van der Waals surface area (Å²) in [4.78, 5) is 9.25. The lowest BCUT2D eigenvalue weighted by molar-refractivity contribution is -0.698. The van der Waals surface area contributed by atoms with Crippen molar-refractivity contribution in [2.75, 3.05) is 6.61 Å². The zero-order chi connectivity index (χ0) is 19.2. The molecule has 5 aromatic rings. The highest BCUT2D eigenvalue weighted by molar-refractivity contribution is 8.02. The standard InChI is InChI=1S/C14H8N2S3.C7H10NO/c1-3-7-11-9(5-1)15-13(17-11)19-14-16-10-6-2-4-8-12(10)18-14;9-7-6-8-4-2-1-3-5-8/h1-8H;1-5,9H,6-7H2/q;+1. The minimum absolute atomic E-state index is 0.203. The van der Waals surface area contributed by atoms with Crippen LogP contribution in [0.2, 0.25) is 0 Å². The van der Waals surface area contributed by atoms with E-state index >= 15 is 0 Å². The maximum absolute atomic E-state index is 8.50. The van der Waals surface area contributed by atoms with Crippen LogP contribution in [0.5, 0.6) is 0 Å². The summed E-state index contributed by atoms with van der Waals surface area (Å²) in [5, 5.41) is 8.50. The van der Waals surface area contributed by atoms with Gasteiger partial charge in [-0.1, -0.05) is 30.3 Å². The Labute approximate surface area is 175 Å². The fourth-order valence-corrected chi connectivity index (χ4v) is 5.90. The number of pyridine rings is 1. The second-order valence-corrected chi connectivity index (χ2v) is 9.39. The van der Waals surface area contributed by atoms with Gasteiger partial charge >= 0.3 is 0 Å². The second-order valence-electron chi connectivity index (χ2n) is 5.83. The Balaban J connectivity index is 0.000000181. The Morgan fingerprint density at radius 1 is 0.750 bits per heavy atom. The topological polar surface area (TPSA) is 49.9 Å². The van der Waals surface area contributed by atoms with E-state index in [-0.39, 0.29) is 6.61 Å². The Hall–Kier alpha value is -2.32. The summed E-state index contributed by atoms with van der Waals surface area (Å²) in [6, 6.07) is 22.3. The van der Waals surface area contributed by atoms with Gasteiger partial charge in [0.05, 0.1) is 20.4 Å². The molecule has 0 saturated heterocycles. The molecular weight excluding hydrogens is 406 g/mol. The molecule has 0 aliphatic carbocycles. The first-order valence-corrected chi connectivity index (χ1v) is 11.2. The van der Waals surface area contributed by atoms with Crippen molar-refractivity contribution in [3.8, 4) is 0 Å². The third-order valence-corrected chi connectivity index (χ3v) is 7.05. The van der Waals surface area contributed by atoms with E-state index in [4.69, 9.17) is 5.11 Å². The highest BCUT2D eigenvalue weighted by Gasteiger charge is 2.09. The number of hydrogen-bond donors (Lipinski definition) is 1. The molecule has 4 nitrogen and oxygen atoms in total. The first-order chi connectivity index (χ1) is 13.8. The van der Waals surface area contributed by atoms with Gasteiger partial charge in [-0.25, -0.2) is 14.5 Å². The number of aromatic nitrogens is 3. The van der Waals surface area contributed by atoms with Crippen LogP contribution in [-0.4, -0.2) is 21.7 Å². The average Bonchev–Trinajstić information content (AvgIpc) is 3.32. The number of thiazole rings is 2. The summed E-state index contributed by atoms with van der Waals surface area (Å²) in [5.74, 6) is 0. The van der Waals surface area contributed by atoms with Crippen molar-refractivity contribution >= 4 is 54.9 Å². The van der Waals surface area contributed by atoms with Crippen molar-refractivity contribution in [1.29, 1.82) is 0 Å². The summed E-state index contributed by atoms with van der Waals surface area (Å²) in [6.45, 7) is 0.884. The van der Waals surface area contributed by atoms with E-state index in [1.54, 1.807) is 34.4 Å². The Morgan fingerprint density at radius 2 is 1.29 bits per heavy atom. The number of fused-ring (bicyclic) bond motifs is 2. The molecule has 0 aliphatic rings. The number of aliphatic hydroxyl groups excluding tert-OH is 1. The smallest absolute Gasteiger partial charge is 0.171 e. The molecule has 0 aliphatic heterocycles. The maximum atomic E-state index is 8.50. The minimum Gasteiger partial charge on any atom is -0.390 e. The third-order valence-electron chi connectivity index (χ3n) is 3.86. The zero-order valence-corrected chi connectivity index (χ0v) is 17.4. The number of para-hydroxylation sites is 2.